The Kier molecular flexibility index (Phi) is 3.07. The average molecular weight is 307 g/mol. The number of halogens is 4. The van der Waals surface area contributed by atoms with Gasteiger partial charge in [0, 0.05) is 16.9 Å². The van der Waals surface area contributed by atoms with Gasteiger partial charge in [0.25, 0.3) is 0 Å². The van der Waals surface area contributed by atoms with E-state index >= 15 is 0 Å². The molecule has 1 aromatic rings. The van der Waals surface area contributed by atoms with E-state index in [2.05, 4.69) is 21.2 Å². The standard InChI is InChI=1S/C11H10BrF3N2/c12-7-1-2-8(6-3-10(16)17-5-6)9(4-7)11(13,14)15/h1-4,6,17H,5,16H2/t6-/m1/s1. The molecule has 0 unspecified atom stereocenters. The summed E-state index contributed by atoms with van der Waals surface area (Å²) >= 11 is 3.05. The normalized spacial score (nSPS) is 20.0. The first-order chi connectivity index (χ1) is 7.88. The smallest absolute Gasteiger partial charge is 0.386 e. The largest absolute Gasteiger partial charge is 0.416 e. The highest BCUT2D eigenvalue weighted by Gasteiger charge is 2.35. The van der Waals surface area contributed by atoms with Gasteiger partial charge in [-0.15, -0.1) is 0 Å². The van der Waals surface area contributed by atoms with Gasteiger partial charge in [-0.2, -0.15) is 13.2 Å². The van der Waals surface area contributed by atoms with Crippen molar-refractivity contribution >= 4 is 15.9 Å². The second-order valence-electron chi connectivity index (χ2n) is 3.84. The molecule has 2 nitrogen and oxygen atoms in total. The van der Waals surface area contributed by atoms with Crippen LogP contribution in [0.4, 0.5) is 13.2 Å². The van der Waals surface area contributed by atoms with Crippen molar-refractivity contribution in [2.24, 2.45) is 5.73 Å². The summed E-state index contributed by atoms with van der Waals surface area (Å²) in [6.07, 6.45) is -2.75. The van der Waals surface area contributed by atoms with Gasteiger partial charge >= 0.3 is 6.18 Å². The van der Waals surface area contributed by atoms with Gasteiger partial charge in [-0.05, 0) is 23.8 Å². The van der Waals surface area contributed by atoms with Crippen LogP contribution in [0.3, 0.4) is 0 Å². The molecule has 92 valence electrons. The molecule has 0 amide bonds. The Morgan fingerprint density at radius 1 is 1.35 bits per heavy atom. The van der Waals surface area contributed by atoms with Crippen molar-refractivity contribution in [3.8, 4) is 0 Å². The lowest BCUT2D eigenvalue weighted by molar-refractivity contribution is -0.138. The van der Waals surface area contributed by atoms with Gasteiger partial charge < -0.3 is 11.1 Å². The molecule has 2 rings (SSSR count). The molecule has 6 heteroatoms. The zero-order valence-corrected chi connectivity index (χ0v) is 10.3. The SMILES string of the molecule is NC1=C[C@@H](c2ccc(Br)cc2C(F)(F)F)CN1. The van der Waals surface area contributed by atoms with Crippen molar-refractivity contribution in [3.05, 3.63) is 45.7 Å². The zero-order valence-electron chi connectivity index (χ0n) is 8.68. The second kappa shape index (κ2) is 4.25. The predicted molar refractivity (Wildman–Crippen MR) is 62.2 cm³/mol. The van der Waals surface area contributed by atoms with Crippen LogP contribution in [0, 0.1) is 0 Å². The average Bonchev–Trinajstić information content (AvgIpc) is 2.63. The Balaban J connectivity index is 2.47. The van der Waals surface area contributed by atoms with Gasteiger partial charge in [-0.3, -0.25) is 0 Å². The van der Waals surface area contributed by atoms with Crippen LogP contribution in [0.15, 0.2) is 34.6 Å². The van der Waals surface area contributed by atoms with Gasteiger partial charge in [0.05, 0.1) is 11.4 Å². The number of nitrogens with two attached hydrogens (primary N) is 1. The van der Waals surface area contributed by atoms with E-state index in [9.17, 15) is 13.2 Å². The number of hydrogen-bond acceptors (Lipinski definition) is 2. The highest BCUT2D eigenvalue weighted by Crippen LogP contribution is 2.38. The third-order valence-electron chi connectivity index (χ3n) is 2.63. The molecule has 0 bridgehead atoms. The third-order valence-corrected chi connectivity index (χ3v) is 3.12. The highest BCUT2D eigenvalue weighted by molar-refractivity contribution is 9.10. The lowest BCUT2D eigenvalue weighted by atomic mass is 9.95. The van der Waals surface area contributed by atoms with E-state index in [1.807, 2.05) is 0 Å². The van der Waals surface area contributed by atoms with Gasteiger partial charge in [-0.25, -0.2) is 0 Å². The van der Waals surface area contributed by atoms with Crippen molar-refractivity contribution < 1.29 is 13.2 Å². The van der Waals surface area contributed by atoms with Gasteiger partial charge in [0.15, 0.2) is 0 Å². The molecule has 0 saturated heterocycles. The molecule has 1 aromatic carbocycles. The predicted octanol–water partition coefficient (Wildman–Crippen LogP) is 2.95. The lowest BCUT2D eigenvalue weighted by Crippen LogP contribution is -2.17. The Morgan fingerprint density at radius 2 is 2.06 bits per heavy atom. The molecular formula is C11H10BrF3N2. The van der Waals surface area contributed by atoms with Crippen LogP contribution in [0.1, 0.15) is 17.0 Å². The first kappa shape index (κ1) is 12.3. The van der Waals surface area contributed by atoms with Crippen LogP contribution in [-0.2, 0) is 6.18 Å². The van der Waals surface area contributed by atoms with E-state index in [0.717, 1.165) is 6.07 Å². The van der Waals surface area contributed by atoms with Crippen molar-refractivity contribution in [1.82, 2.24) is 5.32 Å². The maximum atomic E-state index is 12.9. The quantitative estimate of drug-likeness (QED) is 0.837. The van der Waals surface area contributed by atoms with Crippen LogP contribution in [0.25, 0.3) is 0 Å². The minimum Gasteiger partial charge on any atom is -0.386 e. The van der Waals surface area contributed by atoms with Crippen molar-refractivity contribution in [2.75, 3.05) is 6.54 Å². The molecule has 0 radical (unpaired) electrons. The van der Waals surface area contributed by atoms with Crippen LogP contribution in [0.2, 0.25) is 0 Å². The number of nitrogens with one attached hydrogen (secondary N) is 1. The number of hydrogen-bond donors (Lipinski definition) is 2. The summed E-state index contributed by atoms with van der Waals surface area (Å²) in [5, 5.41) is 2.82. The molecule has 3 N–H and O–H groups in total. The molecule has 0 aliphatic carbocycles. The summed E-state index contributed by atoms with van der Waals surface area (Å²) in [5.74, 6) is 0.0887. The fraction of sp³-hybridized carbons (Fsp3) is 0.273. The summed E-state index contributed by atoms with van der Waals surface area (Å²) in [6.45, 7) is 0.399. The van der Waals surface area contributed by atoms with E-state index in [4.69, 9.17) is 5.73 Å². The fourth-order valence-corrected chi connectivity index (χ4v) is 2.22. The van der Waals surface area contributed by atoms with Gasteiger partial charge in [0.2, 0.25) is 0 Å². The highest BCUT2D eigenvalue weighted by atomic mass is 79.9. The van der Waals surface area contributed by atoms with E-state index in [1.165, 1.54) is 6.07 Å². The Morgan fingerprint density at radius 3 is 2.59 bits per heavy atom. The summed E-state index contributed by atoms with van der Waals surface area (Å²) in [4.78, 5) is 0. The molecule has 17 heavy (non-hydrogen) atoms. The van der Waals surface area contributed by atoms with E-state index in [1.54, 1.807) is 12.1 Å². The Labute approximate surface area is 105 Å². The van der Waals surface area contributed by atoms with E-state index < -0.39 is 11.7 Å². The molecule has 0 fully saturated rings. The van der Waals surface area contributed by atoms with Crippen LogP contribution >= 0.6 is 15.9 Å². The van der Waals surface area contributed by atoms with Crippen LogP contribution in [0.5, 0.6) is 0 Å². The fourth-order valence-electron chi connectivity index (χ4n) is 1.86. The summed E-state index contributed by atoms with van der Waals surface area (Å²) < 4.78 is 39.1. The summed E-state index contributed by atoms with van der Waals surface area (Å²) in [7, 11) is 0. The molecular weight excluding hydrogens is 297 g/mol. The second-order valence-corrected chi connectivity index (χ2v) is 4.75. The molecule has 1 atom stereocenters. The van der Waals surface area contributed by atoms with Gasteiger partial charge in [0.1, 0.15) is 0 Å². The zero-order chi connectivity index (χ0) is 12.6. The van der Waals surface area contributed by atoms with E-state index in [0.29, 0.717) is 16.8 Å². The number of alkyl halides is 3. The van der Waals surface area contributed by atoms with E-state index in [-0.39, 0.29) is 11.5 Å². The summed E-state index contributed by atoms with van der Waals surface area (Å²) in [5.41, 5.74) is 5.13. The van der Waals surface area contributed by atoms with Crippen molar-refractivity contribution in [2.45, 2.75) is 12.1 Å². The molecule has 0 spiro atoms. The third kappa shape index (κ3) is 2.57. The van der Waals surface area contributed by atoms with Crippen molar-refractivity contribution in [3.63, 3.8) is 0 Å². The van der Waals surface area contributed by atoms with Gasteiger partial charge in [-0.1, -0.05) is 22.0 Å². The minimum absolute atomic E-state index is 0.244. The minimum atomic E-state index is -4.36. The number of rotatable bonds is 1. The maximum absolute atomic E-state index is 12.9. The molecule has 1 aliphatic heterocycles. The maximum Gasteiger partial charge on any atom is 0.416 e. The molecule has 1 aliphatic rings. The monoisotopic (exact) mass is 306 g/mol. The molecule has 0 aromatic heterocycles. The lowest BCUT2D eigenvalue weighted by Gasteiger charge is -2.16. The summed E-state index contributed by atoms with van der Waals surface area (Å²) in [6, 6.07) is 4.18. The number of benzene rings is 1. The Hall–Kier alpha value is -1.17. The van der Waals surface area contributed by atoms with Crippen LogP contribution in [-0.4, -0.2) is 6.54 Å². The van der Waals surface area contributed by atoms with Crippen molar-refractivity contribution in [1.29, 1.82) is 0 Å². The molecule has 0 saturated carbocycles. The Bertz CT molecular complexity index is 468. The first-order valence-electron chi connectivity index (χ1n) is 4.96. The first-order valence-corrected chi connectivity index (χ1v) is 5.75. The topological polar surface area (TPSA) is 38.0 Å². The van der Waals surface area contributed by atoms with Crippen LogP contribution < -0.4 is 11.1 Å². The molecule has 1 heterocycles.